The Labute approximate surface area is 101 Å². The highest BCUT2D eigenvalue weighted by Gasteiger charge is 2.27. The molecule has 0 aliphatic carbocycles. The van der Waals surface area contributed by atoms with Crippen LogP contribution in [0.1, 0.15) is 19.8 Å². The first-order valence-electron chi connectivity index (χ1n) is 5.48. The van der Waals surface area contributed by atoms with Crippen LogP contribution < -0.4 is 4.72 Å². The van der Waals surface area contributed by atoms with Crippen molar-refractivity contribution >= 4 is 16.2 Å². The van der Waals surface area contributed by atoms with E-state index >= 15 is 0 Å². The largest absolute Gasteiger partial charge is 0.479 e. The molecule has 0 amide bonds. The van der Waals surface area contributed by atoms with Crippen LogP contribution in [-0.4, -0.2) is 54.6 Å². The van der Waals surface area contributed by atoms with Crippen molar-refractivity contribution in [3.05, 3.63) is 0 Å². The second-order valence-electron chi connectivity index (χ2n) is 4.31. The molecular weight excluding hydrogens is 248 g/mol. The van der Waals surface area contributed by atoms with Crippen LogP contribution >= 0.6 is 0 Å². The Morgan fingerprint density at radius 2 is 2.24 bits per heavy atom. The molecule has 100 valence electrons. The normalized spacial score (nSPS) is 24.5. The van der Waals surface area contributed by atoms with Crippen molar-refractivity contribution in [1.29, 1.82) is 0 Å². The van der Waals surface area contributed by atoms with Gasteiger partial charge in [0, 0.05) is 19.6 Å². The van der Waals surface area contributed by atoms with E-state index in [9.17, 15) is 13.2 Å². The molecule has 0 aromatic heterocycles. The highest BCUT2D eigenvalue weighted by atomic mass is 32.2. The van der Waals surface area contributed by atoms with E-state index in [1.54, 1.807) is 0 Å². The molecule has 7 nitrogen and oxygen atoms in total. The average Bonchev–Trinajstić information content (AvgIpc) is 2.26. The van der Waals surface area contributed by atoms with Gasteiger partial charge in [0.25, 0.3) is 10.2 Å². The predicted octanol–water partition coefficient (Wildman–Crippen LogP) is -1.00. The van der Waals surface area contributed by atoms with Gasteiger partial charge in [-0.05, 0) is 18.8 Å². The highest BCUT2D eigenvalue weighted by molar-refractivity contribution is 7.87. The average molecular weight is 266 g/mol. The van der Waals surface area contributed by atoms with E-state index in [-0.39, 0.29) is 0 Å². The molecule has 1 heterocycles. The maximum absolute atomic E-state index is 11.8. The van der Waals surface area contributed by atoms with Gasteiger partial charge in [-0.15, -0.1) is 0 Å². The van der Waals surface area contributed by atoms with E-state index in [1.165, 1.54) is 4.31 Å². The third-order valence-corrected chi connectivity index (χ3v) is 4.25. The van der Waals surface area contributed by atoms with E-state index in [0.29, 0.717) is 19.0 Å². The van der Waals surface area contributed by atoms with Crippen molar-refractivity contribution in [3.63, 3.8) is 0 Å². The molecule has 0 saturated carbocycles. The molecule has 8 heteroatoms. The van der Waals surface area contributed by atoms with Crippen molar-refractivity contribution in [2.24, 2.45) is 5.92 Å². The number of hydrogen-bond acceptors (Lipinski definition) is 4. The molecule has 1 aliphatic rings. The number of piperidine rings is 1. The lowest BCUT2D eigenvalue weighted by atomic mass is 10.0. The predicted molar refractivity (Wildman–Crippen MR) is 60.5 cm³/mol. The summed E-state index contributed by atoms with van der Waals surface area (Å²) in [4.78, 5) is 10.3. The van der Waals surface area contributed by atoms with Gasteiger partial charge in [-0.3, -0.25) is 0 Å². The van der Waals surface area contributed by atoms with E-state index in [4.69, 9.17) is 10.2 Å². The van der Waals surface area contributed by atoms with Crippen molar-refractivity contribution in [2.75, 3.05) is 19.6 Å². The zero-order valence-electron chi connectivity index (χ0n) is 9.66. The lowest BCUT2D eigenvalue weighted by Crippen LogP contribution is -2.48. The Balaban J connectivity index is 2.53. The Hall–Kier alpha value is -0.700. The lowest BCUT2D eigenvalue weighted by molar-refractivity contribution is -0.146. The molecule has 17 heavy (non-hydrogen) atoms. The van der Waals surface area contributed by atoms with Crippen LogP contribution in [0.15, 0.2) is 0 Å². The third-order valence-electron chi connectivity index (χ3n) is 2.70. The first-order chi connectivity index (χ1) is 7.83. The maximum Gasteiger partial charge on any atom is 0.333 e. The van der Waals surface area contributed by atoms with Crippen molar-refractivity contribution in [2.45, 2.75) is 25.9 Å². The van der Waals surface area contributed by atoms with Gasteiger partial charge in [0.1, 0.15) is 0 Å². The minimum absolute atomic E-state index is 0.296. The summed E-state index contributed by atoms with van der Waals surface area (Å²) in [6.07, 6.45) is 0.0693. The summed E-state index contributed by atoms with van der Waals surface area (Å²) in [5.41, 5.74) is 0. The summed E-state index contributed by atoms with van der Waals surface area (Å²) in [5.74, 6) is -1.15. The Morgan fingerprint density at radius 3 is 2.76 bits per heavy atom. The monoisotopic (exact) mass is 266 g/mol. The van der Waals surface area contributed by atoms with Crippen LogP contribution in [0, 0.1) is 5.92 Å². The van der Waals surface area contributed by atoms with Crippen molar-refractivity contribution in [1.82, 2.24) is 9.03 Å². The van der Waals surface area contributed by atoms with Crippen LogP contribution in [0.5, 0.6) is 0 Å². The first-order valence-corrected chi connectivity index (χ1v) is 6.92. The number of carboxylic acid groups (broad SMARTS) is 1. The van der Waals surface area contributed by atoms with E-state index in [2.05, 4.69) is 4.72 Å². The second kappa shape index (κ2) is 5.76. The number of carboxylic acids is 1. The van der Waals surface area contributed by atoms with Gasteiger partial charge in [0.15, 0.2) is 6.10 Å². The zero-order chi connectivity index (χ0) is 13.1. The van der Waals surface area contributed by atoms with Gasteiger partial charge >= 0.3 is 5.97 Å². The summed E-state index contributed by atoms with van der Waals surface area (Å²) in [5, 5.41) is 17.4. The number of rotatable bonds is 5. The molecule has 1 fully saturated rings. The molecule has 2 atom stereocenters. The van der Waals surface area contributed by atoms with E-state index < -0.39 is 28.8 Å². The lowest BCUT2D eigenvalue weighted by Gasteiger charge is -2.30. The Kier molecular flexibility index (Phi) is 4.87. The van der Waals surface area contributed by atoms with Crippen molar-refractivity contribution < 1.29 is 23.4 Å². The minimum Gasteiger partial charge on any atom is -0.479 e. The van der Waals surface area contributed by atoms with Crippen LogP contribution in [-0.2, 0) is 15.0 Å². The molecule has 0 radical (unpaired) electrons. The number of aliphatic hydroxyl groups excluding tert-OH is 1. The zero-order valence-corrected chi connectivity index (χ0v) is 10.5. The van der Waals surface area contributed by atoms with Gasteiger partial charge in [0.2, 0.25) is 0 Å². The number of hydrogen-bond donors (Lipinski definition) is 3. The van der Waals surface area contributed by atoms with Gasteiger partial charge in [-0.1, -0.05) is 6.92 Å². The molecule has 3 N–H and O–H groups in total. The standard InChI is InChI=1S/C9H18N2O5S/c1-7-3-2-4-11(6-7)17(15,16)10-5-8(12)9(13)14/h7-8,10,12H,2-6H2,1H3,(H,13,14). The van der Waals surface area contributed by atoms with Crippen molar-refractivity contribution in [3.8, 4) is 0 Å². The quantitative estimate of drug-likeness (QED) is 0.591. The molecule has 0 bridgehead atoms. The fraction of sp³-hybridized carbons (Fsp3) is 0.889. The number of nitrogens with one attached hydrogen (secondary N) is 1. The minimum atomic E-state index is -3.68. The highest BCUT2D eigenvalue weighted by Crippen LogP contribution is 2.17. The van der Waals surface area contributed by atoms with Crippen LogP contribution in [0.2, 0.25) is 0 Å². The number of nitrogens with zero attached hydrogens (tertiary/aromatic N) is 1. The van der Waals surface area contributed by atoms with Gasteiger partial charge in [-0.2, -0.15) is 17.4 Å². The van der Waals surface area contributed by atoms with Gasteiger partial charge in [0.05, 0.1) is 0 Å². The van der Waals surface area contributed by atoms with Crippen LogP contribution in [0.3, 0.4) is 0 Å². The Bertz CT molecular complexity index is 370. The molecule has 0 aromatic rings. The second-order valence-corrected chi connectivity index (χ2v) is 6.07. The van der Waals surface area contributed by atoms with E-state index in [1.807, 2.05) is 6.92 Å². The molecule has 1 rings (SSSR count). The summed E-state index contributed by atoms with van der Waals surface area (Å²) in [7, 11) is -3.68. The molecule has 1 aliphatic heterocycles. The third kappa shape index (κ3) is 4.23. The van der Waals surface area contributed by atoms with Crippen LogP contribution in [0.25, 0.3) is 0 Å². The number of aliphatic hydroxyl groups is 1. The Morgan fingerprint density at radius 1 is 1.59 bits per heavy atom. The topological polar surface area (TPSA) is 107 Å². The SMILES string of the molecule is CC1CCCN(S(=O)(=O)NCC(O)C(=O)O)C1. The molecule has 1 saturated heterocycles. The summed E-state index contributed by atoms with van der Waals surface area (Å²) >= 11 is 0. The first kappa shape index (κ1) is 14.4. The van der Waals surface area contributed by atoms with Crippen LogP contribution in [0.4, 0.5) is 0 Å². The molecule has 0 aromatic carbocycles. The maximum atomic E-state index is 11.8. The van der Waals surface area contributed by atoms with E-state index in [0.717, 1.165) is 12.8 Å². The number of carbonyl (C=O) groups is 1. The smallest absolute Gasteiger partial charge is 0.333 e. The molecule has 2 unspecified atom stereocenters. The fourth-order valence-corrected chi connectivity index (χ4v) is 3.10. The van der Waals surface area contributed by atoms with Gasteiger partial charge in [-0.25, -0.2) is 4.79 Å². The summed E-state index contributed by atoms with van der Waals surface area (Å²) in [6.45, 7) is 2.32. The molecular formula is C9H18N2O5S. The fourth-order valence-electron chi connectivity index (χ4n) is 1.73. The summed E-state index contributed by atoms with van der Waals surface area (Å²) < 4.78 is 26.9. The van der Waals surface area contributed by atoms with Gasteiger partial charge < -0.3 is 10.2 Å². The summed E-state index contributed by atoms with van der Waals surface area (Å²) in [6, 6.07) is 0. The molecule has 0 spiro atoms. The number of aliphatic carboxylic acids is 1.